The lowest BCUT2D eigenvalue weighted by molar-refractivity contribution is 0.0941. The van der Waals surface area contributed by atoms with E-state index in [1.54, 1.807) is 0 Å². The molecule has 110 valence electrons. The van der Waals surface area contributed by atoms with Crippen LogP contribution >= 0.6 is 0 Å². The van der Waals surface area contributed by atoms with Gasteiger partial charge < -0.3 is 5.32 Å². The van der Waals surface area contributed by atoms with Crippen LogP contribution in [0.1, 0.15) is 67.8 Å². The van der Waals surface area contributed by atoms with Gasteiger partial charge in [-0.3, -0.25) is 4.79 Å². The van der Waals surface area contributed by atoms with Crippen LogP contribution in [0.5, 0.6) is 0 Å². The molecule has 1 unspecified atom stereocenters. The Morgan fingerprint density at radius 3 is 2.20 bits per heavy atom. The van der Waals surface area contributed by atoms with Crippen molar-refractivity contribution in [3.05, 3.63) is 35.4 Å². The van der Waals surface area contributed by atoms with E-state index in [4.69, 9.17) is 0 Å². The van der Waals surface area contributed by atoms with E-state index >= 15 is 0 Å². The number of ketones is 1. The first-order valence-electron chi connectivity index (χ1n) is 8.04. The van der Waals surface area contributed by atoms with E-state index < -0.39 is 0 Å². The summed E-state index contributed by atoms with van der Waals surface area (Å²) in [7, 11) is 0. The Kier molecular flexibility index (Phi) is 5.78. The van der Waals surface area contributed by atoms with Gasteiger partial charge in [-0.05, 0) is 26.7 Å². The van der Waals surface area contributed by atoms with Crippen LogP contribution in [0.15, 0.2) is 24.3 Å². The predicted molar refractivity (Wildman–Crippen MR) is 84.2 cm³/mol. The van der Waals surface area contributed by atoms with E-state index in [9.17, 15) is 4.79 Å². The van der Waals surface area contributed by atoms with Crippen molar-refractivity contribution in [2.45, 2.75) is 70.9 Å². The fraction of sp³-hybridized carbons (Fsp3) is 0.611. The maximum absolute atomic E-state index is 12.4. The van der Waals surface area contributed by atoms with Crippen LogP contribution < -0.4 is 5.32 Å². The molecule has 0 heterocycles. The van der Waals surface area contributed by atoms with Crippen molar-refractivity contribution in [1.82, 2.24) is 5.32 Å². The standard InChI is InChI=1S/C18H27NO/c1-14-10-12-16(13-11-14)18(20)15(2)19-17-8-6-4-3-5-7-9-17/h10-13,15,17,19H,3-9H2,1-2H3. The molecule has 0 saturated heterocycles. The maximum atomic E-state index is 12.4. The molecule has 0 radical (unpaired) electrons. The van der Waals surface area contributed by atoms with Crippen LogP contribution in [-0.4, -0.2) is 17.9 Å². The molecular formula is C18H27NO. The zero-order valence-electron chi connectivity index (χ0n) is 12.8. The molecule has 0 bridgehead atoms. The lowest BCUT2D eigenvalue weighted by Gasteiger charge is -2.24. The van der Waals surface area contributed by atoms with Crippen LogP contribution in [0.2, 0.25) is 0 Å². The minimum absolute atomic E-state index is 0.0814. The largest absolute Gasteiger partial charge is 0.305 e. The SMILES string of the molecule is Cc1ccc(C(=O)C(C)NC2CCCCCCC2)cc1. The fourth-order valence-electron chi connectivity index (χ4n) is 3.02. The molecule has 2 heteroatoms. The van der Waals surface area contributed by atoms with E-state index in [0.717, 1.165) is 5.56 Å². The second kappa shape index (κ2) is 7.58. The number of Topliss-reactive ketones (excluding diaryl/α,β-unsaturated/α-hetero) is 1. The van der Waals surface area contributed by atoms with Crippen LogP contribution in [0.4, 0.5) is 0 Å². The predicted octanol–water partition coefficient (Wildman–Crippen LogP) is 4.27. The normalized spacial score (nSPS) is 19.1. The molecule has 0 amide bonds. The first-order valence-corrected chi connectivity index (χ1v) is 8.04. The summed E-state index contributed by atoms with van der Waals surface area (Å²) in [5, 5.41) is 3.55. The van der Waals surface area contributed by atoms with Gasteiger partial charge in [0.05, 0.1) is 6.04 Å². The summed E-state index contributed by atoms with van der Waals surface area (Å²) in [5.41, 5.74) is 2.02. The quantitative estimate of drug-likeness (QED) is 0.830. The monoisotopic (exact) mass is 273 g/mol. The third-order valence-corrected chi connectivity index (χ3v) is 4.32. The second-order valence-electron chi connectivity index (χ2n) is 6.16. The third kappa shape index (κ3) is 4.45. The van der Waals surface area contributed by atoms with Gasteiger partial charge in [0.2, 0.25) is 0 Å². The van der Waals surface area contributed by atoms with Crippen LogP contribution in [0, 0.1) is 6.92 Å². The lowest BCUT2D eigenvalue weighted by Crippen LogP contribution is -2.41. The smallest absolute Gasteiger partial charge is 0.179 e. The molecule has 1 aliphatic rings. The number of benzene rings is 1. The Hall–Kier alpha value is -1.15. The highest BCUT2D eigenvalue weighted by Crippen LogP contribution is 2.18. The Morgan fingerprint density at radius 2 is 1.60 bits per heavy atom. The van der Waals surface area contributed by atoms with Crippen molar-refractivity contribution >= 4 is 5.78 Å². The number of hydrogen-bond donors (Lipinski definition) is 1. The van der Waals surface area contributed by atoms with Crippen molar-refractivity contribution < 1.29 is 4.79 Å². The average Bonchev–Trinajstić information content (AvgIpc) is 2.41. The average molecular weight is 273 g/mol. The van der Waals surface area contributed by atoms with E-state index in [0.29, 0.717) is 6.04 Å². The van der Waals surface area contributed by atoms with E-state index in [1.165, 1.54) is 50.5 Å². The van der Waals surface area contributed by atoms with Crippen molar-refractivity contribution in [1.29, 1.82) is 0 Å². The van der Waals surface area contributed by atoms with Gasteiger partial charge in [-0.2, -0.15) is 0 Å². The number of rotatable bonds is 4. The Balaban J connectivity index is 1.90. The number of carbonyl (C=O) groups is 1. The highest BCUT2D eigenvalue weighted by Gasteiger charge is 2.19. The molecule has 1 fully saturated rings. The Morgan fingerprint density at radius 1 is 1.05 bits per heavy atom. The van der Waals surface area contributed by atoms with Gasteiger partial charge in [0.1, 0.15) is 0 Å². The van der Waals surface area contributed by atoms with Gasteiger partial charge in [-0.1, -0.05) is 61.9 Å². The molecule has 2 rings (SSSR count). The van der Waals surface area contributed by atoms with Crippen molar-refractivity contribution in [3.8, 4) is 0 Å². The van der Waals surface area contributed by atoms with Gasteiger partial charge in [0.25, 0.3) is 0 Å². The second-order valence-corrected chi connectivity index (χ2v) is 6.16. The summed E-state index contributed by atoms with van der Waals surface area (Å²) in [6.07, 6.45) is 9.09. The summed E-state index contributed by atoms with van der Waals surface area (Å²) < 4.78 is 0. The van der Waals surface area contributed by atoms with Gasteiger partial charge in [-0.15, -0.1) is 0 Å². The Labute approximate surface area is 123 Å². The molecule has 1 aliphatic carbocycles. The van der Waals surface area contributed by atoms with E-state index in [2.05, 4.69) is 5.32 Å². The molecule has 0 aliphatic heterocycles. The fourth-order valence-corrected chi connectivity index (χ4v) is 3.02. The molecular weight excluding hydrogens is 246 g/mol. The zero-order valence-corrected chi connectivity index (χ0v) is 12.8. The summed E-state index contributed by atoms with van der Waals surface area (Å²) in [5.74, 6) is 0.215. The van der Waals surface area contributed by atoms with Crippen LogP contribution in [-0.2, 0) is 0 Å². The van der Waals surface area contributed by atoms with Gasteiger partial charge >= 0.3 is 0 Å². The number of aryl methyl sites for hydroxylation is 1. The summed E-state index contributed by atoms with van der Waals surface area (Å²) in [6, 6.07) is 8.33. The number of hydrogen-bond acceptors (Lipinski definition) is 2. The van der Waals surface area contributed by atoms with E-state index in [-0.39, 0.29) is 11.8 Å². The van der Waals surface area contributed by atoms with Crippen molar-refractivity contribution in [2.75, 3.05) is 0 Å². The molecule has 20 heavy (non-hydrogen) atoms. The van der Waals surface area contributed by atoms with Crippen molar-refractivity contribution in [3.63, 3.8) is 0 Å². The highest BCUT2D eigenvalue weighted by atomic mass is 16.1. The Bertz CT molecular complexity index is 416. The summed E-state index contributed by atoms with van der Waals surface area (Å²) in [4.78, 5) is 12.4. The van der Waals surface area contributed by atoms with Crippen LogP contribution in [0.3, 0.4) is 0 Å². The molecule has 1 aromatic rings. The minimum Gasteiger partial charge on any atom is -0.305 e. The lowest BCUT2D eigenvalue weighted by atomic mass is 9.95. The van der Waals surface area contributed by atoms with Gasteiger partial charge in [-0.25, -0.2) is 0 Å². The molecule has 1 saturated carbocycles. The molecule has 0 aromatic heterocycles. The third-order valence-electron chi connectivity index (χ3n) is 4.32. The molecule has 1 N–H and O–H groups in total. The summed E-state index contributed by atoms with van der Waals surface area (Å²) >= 11 is 0. The molecule has 2 nitrogen and oxygen atoms in total. The number of carbonyl (C=O) groups excluding carboxylic acids is 1. The number of nitrogens with one attached hydrogen (secondary N) is 1. The molecule has 1 atom stereocenters. The van der Waals surface area contributed by atoms with Crippen LogP contribution in [0.25, 0.3) is 0 Å². The topological polar surface area (TPSA) is 29.1 Å². The van der Waals surface area contributed by atoms with E-state index in [1.807, 2.05) is 38.1 Å². The zero-order chi connectivity index (χ0) is 14.4. The maximum Gasteiger partial charge on any atom is 0.179 e. The van der Waals surface area contributed by atoms with Gasteiger partial charge in [0.15, 0.2) is 5.78 Å². The molecule has 0 spiro atoms. The first kappa shape index (κ1) is 15.2. The highest BCUT2D eigenvalue weighted by molar-refractivity contribution is 5.99. The minimum atomic E-state index is -0.0814. The summed E-state index contributed by atoms with van der Waals surface area (Å²) in [6.45, 7) is 4.05. The van der Waals surface area contributed by atoms with Gasteiger partial charge in [0, 0.05) is 11.6 Å². The van der Waals surface area contributed by atoms with Crippen molar-refractivity contribution in [2.24, 2.45) is 0 Å². The molecule has 1 aromatic carbocycles. The first-order chi connectivity index (χ1) is 9.66.